The Balaban J connectivity index is 2.11. The van der Waals surface area contributed by atoms with Gasteiger partial charge in [-0.3, -0.25) is 4.79 Å². The van der Waals surface area contributed by atoms with Gasteiger partial charge in [0.05, 0.1) is 0 Å². The van der Waals surface area contributed by atoms with Gasteiger partial charge in [-0.1, -0.05) is 28.1 Å². The SMILES string of the molecule is O=C1Nc2ccc(Br)cc2C1=Cc1cccc(O)c1. The Hall–Kier alpha value is -2.07. The van der Waals surface area contributed by atoms with Crippen LogP contribution in [-0.4, -0.2) is 11.0 Å². The highest BCUT2D eigenvalue weighted by molar-refractivity contribution is 9.10. The standard InChI is InChI=1S/C15H10BrNO2/c16-10-4-5-14-12(8-10)13(15(19)17-14)7-9-2-1-3-11(18)6-9/h1-8,18H,(H,17,19). The molecular weight excluding hydrogens is 306 g/mol. The molecule has 0 aliphatic carbocycles. The first-order chi connectivity index (χ1) is 9.13. The first kappa shape index (κ1) is 12.0. The van der Waals surface area contributed by atoms with Crippen molar-refractivity contribution < 1.29 is 9.90 Å². The number of hydrogen-bond acceptors (Lipinski definition) is 2. The summed E-state index contributed by atoms with van der Waals surface area (Å²) in [5.74, 6) is 0.0543. The number of fused-ring (bicyclic) bond motifs is 1. The molecule has 0 saturated heterocycles. The van der Waals surface area contributed by atoms with E-state index in [2.05, 4.69) is 21.2 Å². The van der Waals surface area contributed by atoms with Gasteiger partial charge in [-0.2, -0.15) is 0 Å². The number of hydrogen-bond donors (Lipinski definition) is 2. The van der Waals surface area contributed by atoms with E-state index in [1.54, 1.807) is 24.3 Å². The van der Waals surface area contributed by atoms with E-state index in [-0.39, 0.29) is 11.7 Å². The van der Waals surface area contributed by atoms with E-state index in [1.165, 1.54) is 0 Å². The molecule has 2 N–H and O–H groups in total. The lowest BCUT2D eigenvalue weighted by molar-refractivity contribution is -0.110. The molecule has 1 amide bonds. The van der Waals surface area contributed by atoms with Gasteiger partial charge in [-0.15, -0.1) is 0 Å². The van der Waals surface area contributed by atoms with Crippen molar-refractivity contribution in [2.75, 3.05) is 5.32 Å². The Bertz CT molecular complexity index is 707. The van der Waals surface area contributed by atoms with Gasteiger partial charge < -0.3 is 10.4 Å². The molecule has 3 rings (SSSR count). The topological polar surface area (TPSA) is 49.3 Å². The molecule has 4 heteroatoms. The molecule has 0 unspecified atom stereocenters. The predicted octanol–water partition coefficient (Wildman–Crippen LogP) is 3.65. The number of benzene rings is 2. The summed E-state index contributed by atoms with van der Waals surface area (Å²) >= 11 is 3.40. The molecule has 0 spiro atoms. The summed E-state index contributed by atoms with van der Waals surface area (Å²) in [6.07, 6.45) is 1.77. The van der Waals surface area contributed by atoms with Crippen molar-refractivity contribution in [1.29, 1.82) is 0 Å². The van der Waals surface area contributed by atoms with Crippen LogP contribution in [-0.2, 0) is 4.79 Å². The van der Waals surface area contributed by atoms with Gasteiger partial charge in [0.15, 0.2) is 0 Å². The van der Waals surface area contributed by atoms with Gasteiger partial charge >= 0.3 is 0 Å². The van der Waals surface area contributed by atoms with Gasteiger partial charge in [0.2, 0.25) is 0 Å². The number of carbonyl (C=O) groups is 1. The summed E-state index contributed by atoms with van der Waals surface area (Å²) in [6, 6.07) is 12.5. The molecular formula is C15H10BrNO2. The van der Waals surface area contributed by atoms with Gasteiger partial charge in [0, 0.05) is 21.3 Å². The predicted molar refractivity (Wildman–Crippen MR) is 78.7 cm³/mol. The van der Waals surface area contributed by atoms with Crippen LogP contribution in [0.1, 0.15) is 11.1 Å². The zero-order valence-corrected chi connectivity index (χ0v) is 11.4. The Morgan fingerprint density at radius 3 is 2.79 bits per heavy atom. The number of aromatic hydroxyl groups is 1. The second-order valence-corrected chi connectivity index (χ2v) is 5.21. The fraction of sp³-hybridized carbons (Fsp3) is 0. The zero-order chi connectivity index (χ0) is 13.4. The molecule has 94 valence electrons. The molecule has 3 nitrogen and oxygen atoms in total. The lowest BCUT2D eigenvalue weighted by atomic mass is 10.0. The third-order valence-corrected chi connectivity index (χ3v) is 3.44. The highest BCUT2D eigenvalue weighted by Crippen LogP contribution is 2.35. The normalized spacial score (nSPS) is 15.4. The summed E-state index contributed by atoms with van der Waals surface area (Å²) in [4.78, 5) is 12.0. The second kappa shape index (κ2) is 4.55. The maximum Gasteiger partial charge on any atom is 0.256 e. The minimum atomic E-state index is -0.128. The maximum atomic E-state index is 12.0. The molecule has 0 bridgehead atoms. The first-order valence-electron chi connectivity index (χ1n) is 5.75. The fourth-order valence-electron chi connectivity index (χ4n) is 2.08. The number of phenolic OH excluding ortho intramolecular Hbond substituents is 1. The minimum absolute atomic E-state index is 0.128. The van der Waals surface area contributed by atoms with Crippen LogP contribution in [0.5, 0.6) is 5.75 Å². The molecule has 0 aromatic heterocycles. The van der Waals surface area contributed by atoms with Crippen LogP contribution in [0.3, 0.4) is 0 Å². The van der Waals surface area contributed by atoms with Crippen LogP contribution in [0.2, 0.25) is 0 Å². The minimum Gasteiger partial charge on any atom is -0.508 e. The second-order valence-electron chi connectivity index (χ2n) is 4.30. The van der Waals surface area contributed by atoms with Crippen molar-refractivity contribution >= 4 is 39.2 Å². The van der Waals surface area contributed by atoms with E-state index >= 15 is 0 Å². The number of halogens is 1. The number of anilines is 1. The Morgan fingerprint density at radius 2 is 2.00 bits per heavy atom. The zero-order valence-electron chi connectivity index (χ0n) is 9.85. The highest BCUT2D eigenvalue weighted by atomic mass is 79.9. The van der Waals surface area contributed by atoms with E-state index in [4.69, 9.17) is 0 Å². The Morgan fingerprint density at radius 1 is 1.16 bits per heavy atom. The van der Waals surface area contributed by atoms with Crippen molar-refractivity contribution in [2.24, 2.45) is 0 Å². The Kier molecular flexibility index (Phi) is 2.87. The van der Waals surface area contributed by atoms with Crippen LogP contribution < -0.4 is 5.32 Å². The molecule has 0 fully saturated rings. The van der Waals surface area contributed by atoms with Crippen LogP contribution in [0, 0.1) is 0 Å². The highest BCUT2D eigenvalue weighted by Gasteiger charge is 2.23. The molecule has 0 atom stereocenters. The van der Waals surface area contributed by atoms with Crippen LogP contribution in [0.25, 0.3) is 11.6 Å². The van der Waals surface area contributed by atoms with Gasteiger partial charge in [-0.05, 0) is 42.0 Å². The van der Waals surface area contributed by atoms with Crippen molar-refractivity contribution in [2.45, 2.75) is 0 Å². The molecule has 0 saturated carbocycles. The summed E-state index contributed by atoms with van der Waals surface area (Å²) in [5, 5.41) is 12.3. The lowest BCUT2D eigenvalue weighted by Gasteiger charge is -2.00. The van der Waals surface area contributed by atoms with E-state index in [1.807, 2.05) is 24.3 Å². The van der Waals surface area contributed by atoms with Gasteiger partial charge in [0.25, 0.3) is 5.91 Å². The van der Waals surface area contributed by atoms with Crippen LogP contribution in [0.15, 0.2) is 46.9 Å². The molecule has 2 aromatic rings. The van der Waals surface area contributed by atoms with Crippen molar-refractivity contribution in [3.8, 4) is 5.75 Å². The number of carbonyl (C=O) groups excluding carboxylic acids is 1. The third kappa shape index (κ3) is 2.27. The van der Waals surface area contributed by atoms with Crippen molar-refractivity contribution in [3.05, 3.63) is 58.1 Å². The molecule has 1 aliphatic rings. The van der Waals surface area contributed by atoms with Crippen LogP contribution >= 0.6 is 15.9 Å². The maximum absolute atomic E-state index is 12.0. The fourth-order valence-corrected chi connectivity index (χ4v) is 2.45. The van der Waals surface area contributed by atoms with Crippen LogP contribution in [0.4, 0.5) is 5.69 Å². The first-order valence-corrected chi connectivity index (χ1v) is 6.55. The largest absolute Gasteiger partial charge is 0.508 e. The quantitative estimate of drug-likeness (QED) is 0.789. The van der Waals surface area contributed by atoms with Crippen molar-refractivity contribution in [1.82, 2.24) is 0 Å². The summed E-state index contributed by atoms with van der Waals surface area (Å²) in [6.45, 7) is 0. The molecule has 1 heterocycles. The number of phenols is 1. The monoisotopic (exact) mass is 315 g/mol. The van der Waals surface area contributed by atoms with E-state index in [0.29, 0.717) is 5.57 Å². The van der Waals surface area contributed by atoms with Gasteiger partial charge in [0.1, 0.15) is 5.75 Å². The number of amides is 1. The van der Waals surface area contributed by atoms with E-state index < -0.39 is 0 Å². The summed E-state index contributed by atoms with van der Waals surface area (Å²) in [7, 11) is 0. The number of nitrogens with one attached hydrogen (secondary N) is 1. The van der Waals surface area contributed by atoms with E-state index in [0.717, 1.165) is 21.3 Å². The molecule has 1 aliphatic heterocycles. The Labute approximate surface area is 118 Å². The lowest BCUT2D eigenvalue weighted by Crippen LogP contribution is -2.03. The summed E-state index contributed by atoms with van der Waals surface area (Å²) in [5.41, 5.74) is 3.06. The van der Waals surface area contributed by atoms with Gasteiger partial charge in [-0.25, -0.2) is 0 Å². The van der Waals surface area contributed by atoms with E-state index in [9.17, 15) is 9.90 Å². The smallest absolute Gasteiger partial charge is 0.256 e. The molecule has 2 aromatic carbocycles. The average Bonchev–Trinajstić information content (AvgIpc) is 2.66. The molecule has 0 radical (unpaired) electrons. The molecule has 19 heavy (non-hydrogen) atoms. The number of rotatable bonds is 1. The van der Waals surface area contributed by atoms with Crippen molar-refractivity contribution in [3.63, 3.8) is 0 Å². The summed E-state index contributed by atoms with van der Waals surface area (Å²) < 4.78 is 0.921. The third-order valence-electron chi connectivity index (χ3n) is 2.95. The average molecular weight is 316 g/mol.